The molecule has 3 N–H and O–H groups in total. The number of H-pyrrole nitrogens is 1. The molecule has 0 saturated carbocycles. The van der Waals surface area contributed by atoms with Crippen LogP contribution >= 0.6 is 0 Å². The number of aromatic nitrogens is 1. The summed E-state index contributed by atoms with van der Waals surface area (Å²) in [7, 11) is 0. The van der Waals surface area contributed by atoms with Crippen LogP contribution in [0.4, 0.5) is 5.69 Å². The maximum Gasteiger partial charge on any atom is 0.0635 e. The molecule has 0 amide bonds. The minimum atomic E-state index is 0.140. The lowest BCUT2D eigenvalue weighted by molar-refractivity contribution is 0.249. The molecule has 1 heterocycles. The Morgan fingerprint density at radius 1 is 1.58 bits per heavy atom. The number of hydrogen-bond donors (Lipinski definition) is 3. The van der Waals surface area contributed by atoms with Crippen LogP contribution in [0.1, 0.15) is 13.8 Å². The zero-order chi connectivity index (χ0) is 8.97. The summed E-state index contributed by atoms with van der Waals surface area (Å²) in [5, 5.41) is 12.2. The largest absolute Gasteiger partial charge is 0.394 e. The smallest absolute Gasteiger partial charge is 0.0635 e. The third-order valence-electron chi connectivity index (χ3n) is 1.95. The van der Waals surface area contributed by atoms with Gasteiger partial charge in [-0.2, -0.15) is 0 Å². The molecule has 0 spiro atoms. The lowest BCUT2D eigenvalue weighted by Gasteiger charge is -2.19. The monoisotopic (exact) mass is 168 g/mol. The first-order chi connectivity index (χ1) is 5.74. The Morgan fingerprint density at radius 2 is 2.33 bits per heavy atom. The highest BCUT2D eigenvalue weighted by Crippen LogP contribution is 2.10. The van der Waals surface area contributed by atoms with E-state index in [2.05, 4.69) is 24.1 Å². The van der Waals surface area contributed by atoms with Gasteiger partial charge in [-0.3, -0.25) is 0 Å². The van der Waals surface area contributed by atoms with E-state index >= 15 is 0 Å². The molecular weight excluding hydrogens is 152 g/mol. The third kappa shape index (κ3) is 2.27. The SMILES string of the molecule is CC(C)C(CO)Nc1cc[nH]c1. The first-order valence-electron chi connectivity index (χ1n) is 4.24. The average molecular weight is 168 g/mol. The number of aliphatic hydroxyl groups is 1. The van der Waals surface area contributed by atoms with Crippen LogP contribution in [0.2, 0.25) is 0 Å². The van der Waals surface area contributed by atoms with Gasteiger partial charge < -0.3 is 15.4 Å². The number of anilines is 1. The topological polar surface area (TPSA) is 48.0 Å². The van der Waals surface area contributed by atoms with Gasteiger partial charge >= 0.3 is 0 Å². The summed E-state index contributed by atoms with van der Waals surface area (Å²) < 4.78 is 0. The lowest BCUT2D eigenvalue weighted by Crippen LogP contribution is -2.29. The van der Waals surface area contributed by atoms with Crippen LogP contribution < -0.4 is 5.32 Å². The molecule has 1 aromatic heterocycles. The third-order valence-corrected chi connectivity index (χ3v) is 1.95. The van der Waals surface area contributed by atoms with Gasteiger partial charge in [0.1, 0.15) is 0 Å². The second kappa shape index (κ2) is 4.16. The van der Waals surface area contributed by atoms with Crippen molar-refractivity contribution in [2.75, 3.05) is 11.9 Å². The highest BCUT2D eigenvalue weighted by molar-refractivity contribution is 5.41. The Morgan fingerprint density at radius 3 is 2.75 bits per heavy atom. The van der Waals surface area contributed by atoms with Crippen molar-refractivity contribution >= 4 is 5.69 Å². The van der Waals surface area contributed by atoms with Gasteiger partial charge in [-0.15, -0.1) is 0 Å². The van der Waals surface area contributed by atoms with Gasteiger partial charge in [0.05, 0.1) is 18.3 Å². The van der Waals surface area contributed by atoms with E-state index in [-0.39, 0.29) is 12.6 Å². The van der Waals surface area contributed by atoms with Crippen LogP contribution in [-0.4, -0.2) is 22.7 Å². The van der Waals surface area contributed by atoms with Crippen LogP contribution in [0.25, 0.3) is 0 Å². The summed E-state index contributed by atoms with van der Waals surface area (Å²) in [6.07, 6.45) is 3.74. The van der Waals surface area contributed by atoms with E-state index in [1.165, 1.54) is 0 Å². The Bertz CT molecular complexity index is 206. The highest BCUT2D eigenvalue weighted by atomic mass is 16.3. The quantitative estimate of drug-likeness (QED) is 0.637. The Hall–Kier alpha value is -0.960. The number of rotatable bonds is 4. The van der Waals surface area contributed by atoms with Crippen molar-refractivity contribution in [3.8, 4) is 0 Å². The molecule has 1 aromatic rings. The minimum absolute atomic E-state index is 0.140. The van der Waals surface area contributed by atoms with Crippen molar-refractivity contribution in [1.29, 1.82) is 0 Å². The van der Waals surface area contributed by atoms with Crippen molar-refractivity contribution in [3.63, 3.8) is 0 Å². The van der Waals surface area contributed by atoms with Gasteiger partial charge in [0.25, 0.3) is 0 Å². The molecule has 0 aromatic carbocycles. The van der Waals surface area contributed by atoms with Crippen molar-refractivity contribution in [2.24, 2.45) is 5.92 Å². The molecule has 0 aliphatic heterocycles. The van der Waals surface area contributed by atoms with E-state index in [4.69, 9.17) is 5.11 Å². The molecule has 1 atom stereocenters. The molecule has 1 rings (SSSR count). The molecule has 68 valence electrons. The highest BCUT2D eigenvalue weighted by Gasteiger charge is 2.10. The van der Waals surface area contributed by atoms with Crippen LogP contribution in [0.5, 0.6) is 0 Å². The number of hydrogen-bond acceptors (Lipinski definition) is 2. The van der Waals surface area contributed by atoms with E-state index in [9.17, 15) is 0 Å². The maximum atomic E-state index is 9.02. The van der Waals surface area contributed by atoms with Crippen molar-refractivity contribution < 1.29 is 5.11 Å². The van der Waals surface area contributed by atoms with E-state index in [0.717, 1.165) is 5.69 Å². The van der Waals surface area contributed by atoms with E-state index in [1.807, 2.05) is 18.5 Å². The predicted octanol–water partition coefficient (Wildman–Crippen LogP) is 1.44. The molecule has 0 aliphatic rings. The Kier molecular flexibility index (Phi) is 3.17. The molecule has 3 heteroatoms. The van der Waals surface area contributed by atoms with Crippen LogP contribution in [0.3, 0.4) is 0 Å². The van der Waals surface area contributed by atoms with Crippen LogP contribution in [0, 0.1) is 5.92 Å². The van der Waals surface area contributed by atoms with Gasteiger partial charge in [-0.25, -0.2) is 0 Å². The fourth-order valence-corrected chi connectivity index (χ4v) is 1.05. The molecule has 0 bridgehead atoms. The molecule has 0 radical (unpaired) electrons. The number of nitrogens with one attached hydrogen (secondary N) is 2. The standard InChI is InChI=1S/C9H16N2O/c1-7(2)9(6-12)11-8-3-4-10-5-8/h3-5,7,9-12H,6H2,1-2H3. The summed E-state index contributed by atoms with van der Waals surface area (Å²) in [6.45, 7) is 4.34. The van der Waals surface area contributed by atoms with E-state index in [0.29, 0.717) is 5.92 Å². The number of aliphatic hydroxyl groups excluding tert-OH is 1. The van der Waals surface area contributed by atoms with Gasteiger partial charge in [0, 0.05) is 12.4 Å². The molecule has 0 saturated heterocycles. The summed E-state index contributed by atoms with van der Waals surface area (Å²) in [5.41, 5.74) is 1.03. The molecule has 3 nitrogen and oxygen atoms in total. The minimum Gasteiger partial charge on any atom is -0.394 e. The van der Waals surface area contributed by atoms with Crippen LogP contribution in [0.15, 0.2) is 18.5 Å². The second-order valence-electron chi connectivity index (χ2n) is 3.28. The summed E-state index contributed by atoms with van der Waals surface area (Å²) in [6, 6.07) is 2.09. The summed E-state index contributed by atoms with van der Waals surface area (Å²) in [4.78, 5) is 2.95. The summed E-state index contributed by atoms with van der Waals surface area (Å²) in [5.74, 6) is 0.435. The van der Waals surface area contributed by atoms with Crippen molar-refractivity contribution in [2.45, 2.75) is 19.9 Å². The van der Waals surface area contributed by atoms with Gasteiger partial charge in [-0.05, 0) is 12.0 Å². The van der Waals surface area contributed by atoms with E-state index < -0.39 is 0 Å². The Labute approximate surface area is 72.8 Å². The average Bonchev–Trinajstić information content (AvgIpc) is 2.51. The molecular formula is C9H16N2O. The summed E-state index contributed by atoms with van der Waals surface area (Å²) >= 11 is 0. The van der Waals surface area contributed by atoms with Gasteiger partial charge in [0.2, 0.25) is 0 Å². The van der Waals surface area contributed by atoms with Crippen molar-refractivity contribution in [3.05, 3.63) is 18.5 Å². The normalized spacial score (nSPS) is 13.3. The lowest BCUT2D eigenvalue weighted by atomic mass is 10.1. The zero-order valence-electron chi connectivity index (χ0n) is 7.54. The first-order valence-corrected chi connectivity index (χ1v) is 4.24. The Balaban J connectivity index is 2.48. The molecule has 0 aliphatic carbocycles. The fraction of sp³-hybridized carbons (Fsp3) is 0.556. The van der Waals surface area contributed by atoms with Crippen LogP contribution in [-0.2, 0) is 0 Å². The van der Waals surface area contributed by atoms with Gasteiger partial charge in [0.15, 0.2) is 0 Å². The van der Waals surface area contributed by atoms with Crippen molar-refractivity contribution in [1.82, 2.24) is 4.98 Å². The van der Waals surface area contributed by atoms with E-state index in [1.54, 1.807) is 0 Å². The molecule has 12 heavy (non-hydrogen) atoms. The zero-order valence-corrected chi connectivity index (χ0v) is 7.54. The fourth-order valence-electron chi connectivity index (χ4n) is 1.05. The number of aromatic amines is 1. The molecule has 0 fully saturated rings. The maximum absolute atomic E-state index is 9.02. The first kappa shape index (κ1) is 9.13. The van der Waals surface area contributed by atoms with Gasteiger partial charge in [-0.1, -0.05) is 13.8 Å². The second-order valence-corrected chi connectivity index (χ2v) is 3.28. The predicted molar refractivity (Wildman–Crippen MR) is 50.1 cm³/mol. The molecule has 1 unspecified atom stereocenters.